The molecule has 0 aromatic carbocycles. The molecule has 2 atom stereocenters. The minimum atomic E-state index is 0. The van der Waals surface area contributed by atoms with Gasteiger partial charge in [0.15, 0.2) is 0 Å². The topological polar surface area (TPSA) is 70.2 Å². The summed E-state index contributed by atoms with van der Waals surface area (Å²) in [6.45, 7) is 3.78. The second kappa shape index (κ2) is 9.90. The predicted molar refractivity (Wildman–Crippen MR) is 95.5 cm³/mol. The quantitative estimate of drug-likeness (QED) is 0.848. The lowest BCUT2D eigenvalue weighted by Gasteiger charge is -2.33. The van der Waals surface area contributed by atoms with E-state index >= 15 is 0 Å². The number of hydrogen-bond donors (Lipinski definition) is 2. The van der Waals surface area contributed by atoms with Crippen LogP contribution in [0, 0.1) is 5.92 Å². The van der Waals surface area contributed by atoms with Crippen LogP contribution in [0.5, 0.6) is 0 Å². The highest BCUT2D eigenvalue weighted by molar-refractivity contribution is 5.85. The summed E-state index contributed by atoms with van der Waals surface area (Å²) in [5.74, 6) is 1.45. The molecule has 23 heavy (non-hydrogen) atoms. The van der Waals surface area contributed by atoms with Gasteiger partial charge in [-0.2, -0.15) is 0 Å². The van der Waals surface area contributed by atoms with Crippen molar-refractivity contribution in [3.8, 4) is 0 Å². The molecule has 8 heteroatoms. The van der Waals surface area contributed by atoms with Gasteiger partial charge in [0.25, 0.3) is 0 Å². The summed E-state index contributed by atoms with van der Waals surface area (Å²) in [5, 5.41) is 6.49. The number of nitrogens with zero attached hydrogens (tertiary/aromatic N) is 3. The number of carbonyl (C=O) groups excluding carboxylic acids is 1. The predicted octanol–water partition coefficient (Wildman–Crippen LogP) is 1.40. The van der Waals surface area contributed by atoms with Crippen LogP contribution in [0.4, 0.5) is 5.95 Å². The van der Waals surface area contributed by atoms with Gasteiger partial charge in [0, 0.05) is 37.9 Å². The Morgan fingerprint density at radius 1 is 1.30 bits per heavy atom. The number of hydrogen-bond acceptors (Lipinski definition) is 5. The molecule has 2 fully saturated rings. The zero-order valence-electron chi connectivity index (χ0n) is 13.1. The summed E-state index contributed by atoms with van der Waals surface area (Å²) >= 11 is 0. The zero-order valence-corrected chi connectivity index (χ0v) is 14.7. The van der Waals surface area contributed by atoms with Crippen LogP contribution >= 0.6 is 24.8 Å². The van der Waals surface area contributed by atoms with E-state index in [4.69, 9.17) is 0 Å². The zero-order chi connectivity index (χ0) is 14.5. The third-order valence-electron chi connectivity index (χ3n) is 4.26. The molecule has 6 nitrogen and oxygen atoms in total. The van der Waals surface area contributed by atoms with Gasteiger partial charge in [-0.25, -0.2) is 9.97 Å². The monoisotopic (exact) mass is 361 g/mol. The van der Waals surface area contributed by atoms with Crippen molar-refractivity contribution in [2.75, 3.05) is 31.1 Å². The van der Waals surface area contributed by atoms with Crippen molar-refractivity contribution >= 4 is 36.7 Å². The van der Waals surface area contributed by atoms with E-state index in [1.807, 2.05) is 6.07 Å². The maximum atomic E-state index is 12.1. The lowest BCUT2D eigenvalue weighted by molar-refractivity contribution is -0.122. The molecule has 2 aliphatic heterocycles. The first kappa shape index (κ1) is 19.9. The van der Waals surface area contributed by atoms with Crippen LogP contribution in [0.15, 0.2) is 18.5 Å². The third-order valence-corrected chi connectivity index (χ3v) is 4.26. The summed E-state index contributed by atoms with van der Waals surface area (Å²) in [7, 11) is 0. The van der Waals surface area contributed by atoms with Crippen molar-refractivity contribution in [3.05, 3.63) is 18.5 Å². The Kier molecular flexibility index (Phi) is 8.58. The molecule has 1 aromatic heterocycles. The molecule has 2 saturated heterocycles. The molecular formula is C15H25Cl2N5O. The Balaban J connectivity index is 0.00000132. The van der Waals surface area contributed by atoms with E-state index < -0.39 is 0 Å². The molecule has 1 aromatic rings. The van der Waals surface area contributed by atoms with Crippen molar-refractivity contribution in [1.82, 2.24) is 20.6 Å². The van der Waals surface area contributed by atoms with Gasteiger partial charge in [0.05, 0.1) is 0 Å². The average molecular weight is 362 g/mol. The van der Waals surface area contributed by atoms with Crippen LogP contribution in [-0.4, -0.2) is 48.1 Å². The first-order chi connectivity index (χ1) is 10.3. The molecule has 0 bridgehead atoms. The second-order valence-corrected chi connectivity index (χ2v) is 5.96. The highest BCUT2D eigenvalue weighted by Gasteiger charge is 2.24. The fraction of sp³-hybridized carbons (Fsp3) is 0.667. The normalized spacial score (nSPS) is 23.6. The molecule has 0 saturated carbocycles. The first-order valence-corrected chi connectivity index (χ1v) is 7.83. The Bertz CT molecular complexity index is 470. The Labute approximate surface area is 149 Å². The molecule has 2 unspecified atom stereocenters. The van der Waals surface area contributed by atoms with E-state index in [-0.39, 0.29) is 36.8 Å². The minimum Gasteiger partial charge on any atom is -0.352 e. The largest absolute Gasteiger partial charge is 0.352 e. The number of aromatic nitrogens is 2. The van der Waals surface area contributed by atoms with Crippen molar-refractivity contribution < 1.29 is 4.79 Å². The summed E-state index contributed by atoms with van der Waals surface area (Å²) in [6, 6.07) is 2.03. The lowest BCUT2D eigenvalue weighted by Crippen LogP contribution is -2.48. The van der Waals surface area contributed by atoms with Crippen LogP contribution in [0.3, 0.4) is 0 Å². The van der Waals surface area contributed by atoms with Gasteiger partial charge in [0.1, 0.15) is 0 Å². The van der Waals surface area contributed by atoms with E-state index in [0.717, 1.165) is 51.4 Å². The van der Waals surface area contributed by atoms with Gasteiger partial charge in [-0.1, -0.05) is 0 Å². The van der Waals surface area contributed by atoms with E-state index in [2.05, 4.69) is 25.5 Å². The summed E-state index contributed by atoms with van der Waals surface area (Å²) in [4.78, 5) is 22.9. The summed E-state index contributed by atoms with van der Waals surface area (Å²) in [6.07, 6.45) is 7.38. The molecule has 0 spiro atoms. The average Bonchev–Trinajstić information content (AvgIpc) is 3.01. The van der Waals surface area contributed by atoms with Crippen molar-refractivity contribution in [2.45, 2.75) is 31.7 Å². The first-order valence-electron chi connectivity index (χ1n) is 7.83. The van der Waals surface area contributed by atoms with Gasteiger partial charge in [-0.05, 0) is 44.3 Å². The Morgan fingerprint density at radius 2 is 2.09 bits per heavy atom. The molecule has 130 valence electrons. The van der Waals surface area contributed by atoms with Crippen LogP contribution in [-0.2, 0) is 4.79 Å². The molecule has 3 heterocycles. The Hall–Kier alpha value is -1.11. The van der Waals surface area contributed by atoms with E-state index in [1.165, 1.54) is 0 Å². The van der Waals surface area contributed by atoms with Gasteiger partial charge in [-0.15, -0.1) is 24.8 Å². The summed E-state index contributed by atoms with van der Waals surface area (Å²) < 4.78 is 0. The maximum Gasteiger partial charge on any atom is 0.225 e. The molecular weight excluding hydrogens is 337 g/mol. The smallest absolute Gasteiger partial charge is 0.225 e. The summed E-state index contributed by atoms with van der Waals surface area (Å²) in [5.41, 5.74) is 0. The van der Waals surface area contributed by atoms with Crippen LogP contribution < -0.4 is 15.5 Å². The molecule has 0 radical (unpaired) electrons. The highest BCUT2D eigenvalue weighted by atomic mass is 35.5. The van der Waals surface area contributed by atoms with E-state index in [0.29, 0.717) is 12.3 Å². The molecule has 2 N–H and O–H groups in total. The Morgan fingerprint density at radius 3 is 2.78 bits per heavy atom. The van der Waals surface area contributed by atoms with E-state index in [1.54, 1.807) is 12.4 Å². The van der Waals surface area contributed by atoms with Gasteiger partial charge < -0.3 is 15.5 Å². The molecule has 2 aliphatic rings. The lowest BCUT2D eigenvalue weighted by atomic mass is 10.0. The third kappa shape index (κ3) is 5.79. The molecule has 3 rings (SSSR count). The number of nitrogens with one attached hydrogen (secondary N) is 2. The van der Waals surface area contributed by atoms with Crippen molar-refractivity contribution in [2.24, 2.45) is 5.92 Å². The number of rotatable bonds is 4. The van der Waals surface area contributed by atoms with Crippen LogP contribution in [0.1, 0.15) is 25.7 Å². The van der Waals surface area contributed by atoms with Gasteiger partial charge in [-0.3, -0.25) is 4.79 Å². The van der Waals surface area contributed by atoms with Crippen LogP contribution in [0.25, 0.3) is 0 Å². The molecule has 0 aliphatic carbocycles. The minimum absolute atomic E-state index is 0. The number of piperidine rings is 1. The highest BCUT2D eigenvalue weighted by Crippen LogP contribution is 2.16. The second-order valence-electron chi connectivity index (χ2n) is 5.96. The van der Waals surface area contributed by atoms with Crippen molar-refractivity contribution in [1.29, 1.82) is 0 Å². The number of carbonyl (C=O) groups is 1. The standard InChI is InChI=1S/C15H23N5O.2ClH/c21-14(9-12-4-7-16-10-12)19-13-3-1-8-20(11-13)15-17-5-2-6-18-15;;/h2,5-6,12-13,16H,1,3-4,7-11H2,(H,19,21);2*1H. The van der Waals surface area contributed by atoms with Crippen LogP contribution in [0.2, 0.25) is 0 Å². The molecule has 1 amide bonds. The SMILES string of the molecule is Cl.Cl.O=C(CC1CCNC1)NC1CCCN(c2ncccn2)C1. The number of anilines is 1. The fourth-order valence-corrected chi connectivity index (χ4v) is 3.17. The van der Waals surface area contributed by atoms with E-state index in [9.17, 15) is 4.79 Å². The van der Waals surface area contributed by atoms with Gasteiger partial charge in [0.2, 0.25) is 11.9 Å². The van der Waals surface area contributed by atoms with Crippen molar-refractivity contribution in [3.63, 3.8) is 0 Å². The maximum absolute atomic E-state index is 12.1. The van der Waals surface area contributed by atoms with Gasteiger partial charge >= 0.3 is 0 Å². The fourth-order valence-electron chi connectivity index (χ4n) is 3.17. The number of amides is 1. The number of halogens is 2.